The standard InChI is InChI=1S/C16H22N2O2/c1-11-8-18(9-12(2)19-11)10-16-14(7-17)13-5-3-4-6-15(13)20-16/h3-6,11-12H,7-10,17H2,1-2H3/t11-,12+. The topological polar surface area (TPSA) is 51.6 Å². The molecular formula is C16H22N2O2. The van der Waals surface area contributed by atoms with Crippen LogP contribution in [0.3, 0.4) is 0 Å². The summed E-state index contributed by atoms with van der Waals surface area (Å²) in [5, 5.41) is 1.14. The lowest BCUT2D eigenvalue weighted by Crippen LogP contribution is -2.44. The summed E-state index contributed by atoms with van der Waals surface area (Å²) < 4.78 is 11.8. The van der Waals surface area contributed by atoms with Gasteiger partial charge in [0, 0.05) is 30.6 Å². The van der Waals surface area contributed by atoms with Gasteiger partial charge in [-0.05, 0) is 19.9 Å². The zero-order valence-electron chi connectivity index (χ0n) is 12.1. The summed E-state index contributed by atoms with van der Waals surface area (Å²) >= 11 is 0. The minimum atomic E-state index is 0.268. The second kappa shape index (κ2) is 5.56. The van der Waals surface area contributed by atoms with E-state index in [4.69, 9.17) is 14.9 Å². The van der Waals surface area contributed by atoms with Crippen LogP contribution in [0.1, 0.15) is 25.2 Å². The van der Waals surface area contributed by atoms with Crippen LogP contribution in [0, 0.1) is 0 Å². The van der Waals surface area contributed by atoms with Gasteiger partial charge >= 0.3 is 0 Å². The average Bonchev–Trinajstić information content (AvgIpc) is 2.74. The molecule has 3 rings (SSSR count). The second-order valence-electron chi connectivity index (χ2n) is 5.66. The van der Waals surface area contributed by atoms with E-state index in [0.29, 0.717) is 6.54 Å². The summed E-state index contributed by atoms with van der Waals surface area (Å²) in [6, 6.07) is 8.10. The van der Waals surface area contributed by atoms with Crippen molar-refractivity contribution in [3.05, 3.63) is 35.6 Å². The third kappa shape index (κ3) is 2.59. The van der Waals surface area contributed by atoms with Crippen LogP contribution in [-0.2, 0) is 17.8 Å². The molecule has 0 spiro atoms. The molecule has 0 saturated carbocycles. The Morgan fingerprint density at radius 2 is 1.90 bits per heavy atom. The van der Waals surface area contributed by atoms with Crippen LogP contribution < -0.4 is 5.73 Å². The third-order valence-corrected chi connectivity index (χ3v) is 3.85. The van der Waals surface area contributed by atoms with E-state index in [0.717, 1.165) is 41.9 Å². The molecule has 108 valence electrons. The fourth-order valence-corrected chi connectivity index (χ4v) is 3.12. The van der Waals surface area contributed by atoms with Gasteiger partial charge in [0.1, 0.15) is 11.3 Å². The first kappa shape index (κ1) is 13.6. The summed E-state index contributed by atoms with van der Waals surface area (Å²) in [6.45, 7) is 7.42. The van der Waals surface area contributed by atoms with E-state index in [2.05, 4.69) is 24.8 Å². The highest BCUT2D eigenvalue weighted by Gasteiger charge is 2.24. The van der Waals surface area contributed by atoms with Crippen molar-refractivity contribution in [2.24, 2.45) is 5.73 Å². The molecule has 2 atom stereocenters. The molecule has 1 aliphatic rings. The smallest absolute Gasteiger partial charge is 0.134 e. The number of furan rings is 1. The lowest BCUT2D eigenvalue weighted by atomic mass is 10.1. The van der Waals surface area contributed by atoms with E-state index in [9.17, 15) is 0 Å². The maximum Gasteiger partial charge on any atom is 0.134 e. The zero-order valence-corrected chi connectivity index (χ0v) is 12.1. The van der Waals surface area contributed by atoms with Crippen molar-refractivity contribution in [3.63, 3.8) is 0 Å². The van der Waals surface area contributed by atoms with Gasteiger partial charge in [0.2, 0.25) is 0 Å². The van der Waals surface area contributed by atoms with Gasteiger partial charge in [0.05, 0.1) is 18.8 Å². The van der Waals surface area contributed by atoms with E-state index in [-0.39, 0.29) is 12.2 Å². The van der Waals surface area contributed by atoms with E-state index in [1.165, 1.54) is 0 Å². The van der Waals surface area contributed by atoms with Crippen LogP contribution in [0.2, 0.25) is 0 Å². The number of rotatable bonds is 3. The van der Waals surface area contributed by atoms with Gasteiger partial charge in [-0.3, -0.25) is 4.90 Å². The third-order valence-electron chi connectivity index (χ3n) is 3.85. The van der Waals surface area contributed by atoms with Gasteiger partial charge < -0.3 is 14.9 Å². The highest BCUT2D eigenvalue weighted by atomic mass is 16.5. The highest BCUT2D eigenvalue weighted by Crippen LogP contribution is 2.27. The minimum absolute atomic E-state index is 0.268. The quantitative estimate of drug-likeness (QED) is 0.934. The van der Waals surface area contributed by atoms with Crippen LogP contribution in [0.25, 0.3) is 11.0 Å². The Kier molecular flexibility index (Phi) is 3.78. The van der Waals surface area contributed by atoms with Crippen LogP contribution in [-0.4, -0.2) is 30.2 Å². The lowest BCUT2D eigenvalue weighted by Gasteiger charge is -2.34. The molecule has 1 saturated heterocycles. The van der Waals surface area contributed by atoms with Gasteiger partial charge in [0.25, 0.3) is 0 Å². The molecule has 2 N–H and O–H groups in total. The largest absolute Gasteiger partial charge is 0.459 e. The first-order valence-corrected chi connectivity index (χ1v) is 7.24. The first-order chi connectivity index (χ1) is 9.67. The number of hydrogen-bond donors (Lipinski definition) is 1. The minimum Gasteiger partial charge on any atom is -0.459 e. The molecule has 0 amide bonds. The Labute approximate surface area is 119 Å². The molecule has 0 radical (unpaired) electrons. The molecule has 2 aromatic rings. The maximum atomic E-state index is 6.00. The molecule has 1 aromatic carbocycles. The summed E-state index contributed by atoms with van der Waals surface area (Å²) in [4.78, 5) is 2.38. The number of nitrogens with two attached hydrogens (primary N) is 1. The lowest BCUT2D eigenvalue weighted by molar-refractivity contribution is -0.0718. The zero-order chi connectivity index (χ0) is 14.1. The summed E-state index contributed by atoms with van der Waals surface area (Å²) in [7, 11) is 0. The van der Waals surface area contributed by atoms with Crippen LogP contribution in [0.4, 0.5) is 0 Å². The van der Waals surface area contributed by atoms with Crippen molar-refractivity contribution in [1.29, 1.82) is 0 Å². The predicted molar refractivity (Wildman–Crippen MR) is 79.4 cm³/mol. The molecule has 0 aliphatic carbocycles. The number of fused-ring (bicyclic) bond motifs is 1. The number of morpholine rings is 1. The van der Waals surface area contributed by atoms with Crippen molar-refractivity contribution >= 4 is 11.0 Å². The number of nitrogens with zero attached hydrogens (tertiary/aromatic N) is 1. The Morgan fingerprint density at radius 3 is 2.60 bits per heavy atom. The van der Waals surface area contributed by atoms with E-state index in [1.807, 2.05) is 18.2 Å². The number of benzene rings is 1. The summed E-state index contributed by atoms with van der Waals surface area (Å²) in [6.07, 6.45) is 0.536. The Morgan fingerprint density at radius 1 is 1.20 bits per heavy atom. The van der Waals surface area contributed by atoms with Crippen LogP contribution in [0.5, 0.6) is 0 Å². The van der Waals surface area contributed by atoms with Crippen LogP contribution >= 0.6 is 0 Å². The number of para-hydroxylation sites is 1. The van der Waals surface area contributed by atoms with E-state index < -0.39 is 0 Å². The first-order valence-electron chi connectivity index (χ1n) is 7.24. The molecule has 20 heavy (non-hydrogen) atoms. The molecule has 4 heteroatoms. The SMILES string of the molecule is C[C@@H]1CN(Cc2oc3ccccc3c2CN)C[C@H](C)O1. The van der Waals surface area contributed by atoms with Crippen molar-refractivity contribution in [2.75, 3.05) is 13.1 Å². The second-order valence-corrected chi connectivity index (χ2v) is 5.66. The molecule has 2 heterocycles. The normalized spacial score (nSPS) is 24.4. The number of ether oxygens (including phenoxy) is 1. The van der Waals surface area contributed by atoms with Crippen molar-refractivity contribution in [3.8, 4) is 0 Å². The average molecular weight is 274 g/mol. The van der Waals surface area contributed by atoms with E-state index in [1.54, 1.807) is 0 Å². The molecular weight excluding hydrogens is 252 g/mol. The molecule has 1 aliphatic heterocycles. The van der Waals surface area contributed by atoms with Gasteiger partial charge in [-0.15, -0.1) is 0 Å². The van der Waals surface area contributed by atoms with Crippen molar-refractivity contribution in [2.45, 2.75) is 39.1 Å². The highest BCUT2D eigenvalue weighted by molar-refractivity contribution is 5.82. The van der Waals surface area contributed by atoms with Gasteiger partial charge in [-0.25, -0.2) is 0 Å². The molecule has 0 bridgehead atoms. The Bertz CT molecular complexity index is 583. The Balaban J connectivity index is 1.86. The maximum absolute atomic E-state index is 6.00. The monoisotopic (exact) mass is 274 g/mol. The van der Waals surface area contributed by atoms with Crippen LogP contribution in [0.15, 0.2) is 28.7 Å². The summed E-state index contributed by atoms with van der Waals surface area (Å²) in [5.41, 5.74) is 7.98. The molecule has 0 unspecified atom stereocenters. The number of hydrogen-bond acceptors (Lipinski definition) is 4. The van der Waals surface area contributed by atoms with Gasteiger partial charge in [-0.2, -0.15) is 0 Å². The molecule has 1 aromatic heterocycles. The fraction of sp³-hybridized carbons (Fsp3) is 0.500. The fourth-order valence-electron chi connectivity index (χ4n) is 3.12. The Hall–Kier alpha value is -1.36. The summed E-state index contributed by atoms with van der Waals surface area (Å²) in [5.74, 6) is 0.995. The molecule has 4 nitrogen and oxygen atoms in total. The van der Waals surface area contributed by atoms with Crippen molar-refractivity contribution < 1.29 is 9.15 Å². The van der Waals surface area contributed by atoms with Gasteiger partial charge in [-0.1, -0.05) is 18.2 Å². The predicted octanol–water partition coefficient (Wildman–Crippen LogP) is 2.50. The van der Waals surface area contributed by atoms with Crippen molar-refractivity contribution in [1.82, 2.24) is 4.90 Å². The molecule has 1 fully saturated rings. The van der Waals surface area contributed by atoms with E-state index >= 15 is 0 Å². The van der Waals surface area contributed by atoms with Gasteiger partial charge in [0.15, 0.2) is 0 Å².